The summed E-state index contributed by atoms with van der Waals surface area (Å²) >= 11 is 0. The van der Waals surface area contributed by atoms with Crippen LogP contribution in [0.15, 0.2) is 35.4 Å². The molecule has 0 radical (unpaired) electrons. The second-order valence-electron chi connectivity index (χ2n) is 8.17. The molecule has 1 saturated heterocycles. The summed E-state index contributed by atoms with van der Waals surface area (Å²) in [7, 11) is 0. The van der Waals surface area contributed by atoms with Crippen LogP contribution < -0.4 is 5.56 Å². The zero-order valence-corrected chi connectivity index (χ0v) is 15.8. The van der Waals surface area contributed by atoms with Gasteiger partial charge in [-0.25, -0.2) is 9.36 Å². The van der Waals surface area contributed by atoms with E-state index in [4.69, 9.17) is 0 Å². The molecule has 7 heteroatoms. The van der Waals surface area contributed by atoms with E-state index < -0.39 is 5.60 Å². The number of piperidine rings is 1. The molecular weight excluding hydrogens is 342 g/mol. The Kier molecular flexibility index (Phi) is 5.41. The molecule has 2 aliphatic rings. The first kappa shape index (κ1) is 18.4. The Bertz CT molecular complexity index is 787. The Morgan fingerprint density at radius 2 is 1.93 bits per heavy atom. The molecule has 1 saturated carbocycles. The van der Waals surface area contributed by atoms with Crippen molar-refractivity contribution in [2.75, 3.05) is 19.6 Å². The summed E-state index contributed by atoms with van der Waals surface area (Å²) in [5.74, 6) is 1.11. The average molecular weight is 371 g/mol. The van der Waals surface area contributed by atoms with Gasteiger partial charge < -0.3 is 10.0 Å². The maximum absolute atomic E-state index is 12.2. The van der Waals surface area contributed by atoms with Crippen LogP contribution in [0.4, 0.5) is 0 Å². The third-order valence-corrected chi connectivity index (χ3v) is 6.03. The molecule has 3 heterocycles. The Labute approximate surface area is 159 Å². The summed E-state index contributed by atoms with van der Waals surface area (Å²) in [4.78, 5) is 14.6. The number of aromatic nitrogens is 4. The minimum absolute atomic E-state index is 0.0650. The van der Waals surface area contributed by atoms with Crippen LogP contribution in [0.2, 0.25) is 0 Å². The lowest BCUT2D eigenvalue weighted by Crippen LogP contribution is -2.47. The SMILES string of the molecule is O=c1ccc(-n2cccn2)nn1CC1CCN(CC2(O)CCCCC2)CC1. The van der Waals surface area contributed by atoms with E-state index in [9.17, 15) is 9.90 Å². The van der Waals surface area contributed by atoms with Gasteiger partial charge >= 0.3 is 0 Å². The van der Waals surface area contributed by atoms with Crippen molar-refractivity contribution in [3.05, 3.63) is 40.9 Å². The molecule has 0 atom stereocenters. The molecule has 7 nitrogen and oxygen atoms in total. The fourth-order valence-electron chi connectivity index (χ4n) is 4.45. The zero-order chi connectivity index (χ0) is 18.7. The van der Waals surface area contributed by atoms with Crippen LogP contribution in [-0.4, -0.2) is 54.8 Å². The molecule has 0 bridgehead atoms. The third-order valence-electron chi connectivity index (χ3n) is 6.03. The lowest BCUT2D eigenvalue weighted by Gasteiger charge is -2.40. The first-order chi connectivity index (χ1) is 13.1. The third kappa shape index (κ3) is 4.47. The van der Waals surface area contributed by atoms with E-state index in [0.717, 1.165) is 58.2 Å². The van der Waals surface area contributed by atoms with Gasteiger partial charge in [0.1, 0.15) is 0 Å². The molecule has 0 amide bonds. The number of hydrogen-bond acceptors (Lipinski definition) is 5. The fraction of sp³-hybridized carbons (Fsp3) is 0.650. The summed E-state index contributed by atoms with van der Waals surface area (Å²) in [6.07, 6.45) is 11.0. The molecular formula is C20H29N5O2. The standard InChI is InChI=1S/C20H29N5O2/c26-19-6-5-18(24-12-4-11-21-24)22-25(19)15-17-7-13-23(14-8-17)16-20(27)9-2-1-3-10-20/h4-6,11-12,17,27H,1-3,7-10,13-16H2. The number of hydrogen-bond donors (Lipinski definition) is 1. The number of likely N-dealkylation sites (tertiary alicyclic amines) is 1. The van der Waals surface area contributed by atoms with Crippen molar-refractivity contribution in [1.82, 2.24) is 24.5 Å². The summed E-state index contributed by atoms with van der Waals surface area (Å²) < 4.78 is 3.25. The molecule has 1 aliphatic heterocycles. The van der Waals surface area contributed by atoms with Crippen molar-refractivity contribution in [3.63, 3.8) is 0 Å². The molecule has 2 fully saturated rings. The van der Waals surface area contributed by atoms with Gasteiger partial charge in [0.2, 0.25) is 0 Å². The van der Waals surface area contributed by atoms with Gasteiger partial charge in [-0.1, -0.05) is 19.3 Å². The molecule has 0 aromatic carbocycles. The topological polar surface area (TPSA) is 76.2 Å². The van der Waals surface area contributed by atoms with Gasteiger partial charge in [0, 0.05) is 31.5 Å². The lowest BCUT2D eigenvalue weighted by molar-refractivity contribution is -0.0332. The molecule has 4 rings (SSSR count). The van der Waals surface area contributed by atoms with Gasteiger partial charge in [0.15, 0.2) is 5.82 Å². The van der Waals surface area contributed by atoms with Gasteiger partial charge in [0.05, 0.1) is 5.60 Å². The van der Waals surface area contributed by atoms with Crippen LogP contribution in [0.25, 0.3) is 5.82 Å². The highest BCUT2D eigenvalue weighted by molar-refractivity contribution is 5.17. The highest BCUT2D eigenvalue weighted by Gasteiger charge is 2.32. The van der Waals surface area contributed by atoms with Crippen LogP contribution in [0.1, 0.15) is 44.9 Å². The van der Waals surface area contributed by atoms with Gasteiger partial charge in [-0.3, -0.25) is 4.79 Å². The second kappa shape index (κ2) is 7.94. The highest BCUT2D eigenvalue weighted by Crippen LogP contribution is 2.30. The maximum atomic E-state index is 12.2. The van der Waals surface area contributed by atoms with E-state index >= 15 is 0 Å². The Morgan fingerprint density at radius 3 is 2.63 bits per heavy atom. The van der Waals surface area contributed by atoms with Crippen LogP contribution >= 0.6 is 0 Å². The molecule has 0 unspecified atom stereocenters. The van der Waals surface area contributed by atoms with E-state index in [1.165, 1.54) is 6.42 Å². The van der Waals surface area contributed by atoms with Crippen molar-refractivity contribution in [2.24, 2.45) is 5.92 Å². The Hall–Kier alpha value is -1.99. The number of rotatable bonds is 5. The molecule has 1 N–H and O–H groups in total. The van der Waals surface area contributed by atoms with Crippen molar-refractivity contribution in [2.45, 2.75) is 57.1 Å². The van der Waals surface area contributed by atoms with E-state index in [1.54, 1.807) is 27.7 Å². The second-order valence-corrected chi connectivity index (χ2v) is 8.17. The van der Waals surface area contributed by atoms with E-state index in [0.29, 0.717) is 18.3 Å². The quantitative estimate of drug-likeness (QED) is 0.868. The first-order valence-corrected chi connectivity index (χ1v) is 10.1. The van der Waals surface area contributed by atoms with Crippen molar-refractivity contribution in [1.29, 1.82) is 0 Å². The van der Waals surface area contributed by atoms with Crippen molar-refractivity contribution in [3.8, 4) is 5.82 Å². The smallest absolute Gasteiger partial charge is 0.266 e. The monoisotopic (exact) mass is 371 g/mol. The van der Waals surface area contributed by atoms with Crippen LogP contribution in [0.5, 0.6) is 0 Å². The van der Waals surface area contributed by atoms with Gasteiger partial charge in [-0.05, 0) is 56.8 Å². The van der Waals surface area contributed by atoms with Crippen molar-refractivity contribution < 1.29 is 5.11 Å². The molecule has 2 aromatic heterocycles. The summed E-state index contributed by atoms with van der Waals surface area (Å²) in [6, 6.07) is 5.12. The molecule has 1 aliphatic carbocycles. The summed E-state index contributed by atoms with van der Waals surface area (Å²) in [5.41, 5.74) is -0.549. The number of aliphatic hydroxyl groups is 1. The minimum atomic E-state index is -0.484. The first-order valence-electron chi connectivity index (χ1n) is 10.1. The maximum Gasteiger partial charge on any atom is 0.266 e. The lowest BCUT2D eigenvalue weighted by atomic mass is 9.84. The molecule has 0 spiro atoms. The molecule has 2 aromatic rings. The minimum Gasteiger partial charge on any atom is -0.389 e. The highest BCUT2D eigenvalue weighted by atomic mass is 16.3. The summed E-state index contributed by atoms with van der Waals surface area (Å²) in [5, 5.41) is 19.4. The van der Waals surface area contributed by atoms with E-state index in [2.05, 4.69) is 15.1 Å². The summed E-state index contributed by atoms with van der Waals surface area (Å²) in [6.45, 7) is 3.42. The van der Waals surface area contributed by atoms with Gasteiger partial charge in [-0.2, -0.15) is 5.10 Å². The predicted molar refractivity (Wildman–Crippen MR) is 103 cm³/mol. The van der Waals surface area contributed by atoms with Crippen molar-refractivity contribution >= 4 is 0 Å². The fourth-order valence-corrected chi connectivity index (χ4v) is 4.45. The zero-order valence-electron chi connectivity index (χ0n) is 15.8. The van der Waals surface area contributed by atoms with Crippen LogP contribution in [0, 0.1) is 5.92 Å². The van der Waals surface area contributed by atoms with Gasteiger partial charge in [-0.15, -0.1) is 5.10 Å². The van der Waals surface area contributed by atoms with Crippen LogP contribution in [0.3, 0.4) is 0 Å². The molecule has 27 heavy (non-hydrogen) atoms. The normalized spacial score (nSPS) is 21.4. The Morgan fingerprint density at radius 1 is 1.15 bits per heavy atom. The Balaban J connectivity index is 1.34. The largest absolute Gasteiger partial charge is 0.389 e. The number of β-amino-alcohol motifs (C(OH)–C–C–N with tert-alkyl or cyclic N) is 1. The molecule has 146 valence electrons. The van der Waals surface area contributed by atoms with E-state index in [1.807, 2.05) is 12.3 Å². The number of nitrogens with zero attached hydrogens (tertiary/aromatic N) is 5. The van der Waals surface area contributed by atoms with Gasteiger partial charge in [0.25, 0.3) is 5.56 Å². The van der Waals surface area contributed by atoms with E-state index in [-0.39, 0.29) is 5.56 Å². The average Bonchev–Trinajstić information content (AvgIpc) is 3.20. The predicted octanol–water partition coefficient (Wildman–Crippen LogP) is 1.84. The van der Waals surface area contributed by atoms with Crippen LogP contribution in [-0.2, 0) is 6.54 Å².